The number of unbranched alkanes of at least 4 members (excludes halogenated alkanes) is 15. The summed E-state index contributed by atoms with van der Waals surface area (Å²) in [6.45, 7) is 9.05. The number of hydrogen-bond donors (Lipinski definition) is 0. The molecule has 0 aliphatic carbocycles. The number of nitriles is 1. The van der Waals surface area contributed by atoms with Crippen LogP contribution in [0.3, 0.4) is 0 Å². The summed E-state index contributed by atoms with van der Waals surface area (Å²) < 4.78 is 19.5. The standard InChI is InChI=1S/C27H55NO3Si/c1-4-7-10-14-19-24-29-32(27-22-17-13-18-23-28,30-25-20-15-11-8-5-2)31-26-21-16-12-9-6-3/h4-22,24-27H2,1-3H3. The Bertz CT molecular complexity index is 373. The Kier molecular flexibility index (Phi) is 24.9. The highest BCUT2D eigenvalue weighted by Crippen LogP contribution is 2.23. The molecule has 0 aliphatic heterocycles. The number of nitrogens with zero attached hydrogens (tertiary/aromatic N) is 1. The minimum atomic E-state index is -2.64. The topological polar surface area (TPSA) is 51.5 Å². The van der Waals surface area contributed by atoms with Crippen LogP contribution >= 0.6 is 0 Å². The van der Waals surface area contributed by atoms with Crippen LogP contribution in [0.2, 0.25) is 6.04 Å². The van der Waals surface area contributed by atoms with Gasteiger partial charge in [-0.05, 0) is 32.1 Å². The van der Waals surface area contributed by atoms with Crippen molar-refractivity contribution in [3.8, 4) is 6.07 Å². The lowest BCUT2D eigenvalue weighted by Crippen LogP contribution is -2.46. The summed E-state index contributed by atoms with van der Waals surface area (Å²) >= 11 is 0. The average Bonchev–Trinajstić information content (AvgIpc) is 2.80. The summed E-state index contributed by atoms with van der Waals surface area (Å²) in [6.07, 6.45) is 22.3. The van der Waals surface area contributed by atoms with Crippen molar-refractivity contribution >= 4 is 8.80 Å². The van der Waals surface area contributed by atoms with Gasteiger partial charge < -0.3 is 13.3 Å². The van der Waals surface area contributed by atoms with Crippen LogP contribution in [-0.2, 0) is 13.3 Å². The van der Waals surface area contributed by atoms with Gasteiger partial charge in [-0.15, -0.1) is 0 Å². The molecule has 0 rings (SSSR count). The van der Waals surface area contributed by atoms with Crippen molar-refractivity contribution in [2.45, 2.75) is 149 Å². The first kappa shape index (κ1) is 31.6. The van der Waals surface area contributed by atoms with E-state index in [1.807, 2.05) is 0 Å². The van der Waals surface area contributed by atoms with Gasteiger partial charge >= 0.3 is 8.80 Å². The highest BCUT2D eigenvalue weighted by atomic mass is 28.4. The third-order valence-electron chi connectivity index (χ3n) is 5.98. The zero-order valence-electron chi connectivity index (χ0n) is 21.9. The quantitative estimate of drug-likeness (QED) is 0.0936. The second-order valence-corrected chi connectivity index (χ2v) is 11.9. The maximum atomic E-state index is 8.82. The Hall–Kier alpha value is -0.413. The first-order valence-corrected chi connectivity index (χ1v) is 16.0. The normalized spacial score (nSPS) is 11.7. The molecule has 0 saturated carbocycles. The number of rotatable bonds is 26. The fourth-order valence-electron chi connectivity index (χ4n) is 3.86. The van der Waals surface area contributed by atoms with Gasteiger partial charge in [0.2, 0.25) is 0 Å². The van der Waals surface area contributed by atoms with Crippen molar-refractivity contribution < 1.29 is 13.3 Å². The SMILES string of the molecule is CCCCCCCO[Si](CCCCCC#N)(OCCCCCCC)OCCCCCCC. The van der Waals surface area contributed by atoms with E-state index in [1.54, 1.807) is 0 Å². The van der Waals surface area contributed by atoms with Gasteiger partial charge in [-0.2, -0.15) is 5.26 Å². The third kappa shape index (κ3) is 20.2. The van der Waals surface area contributed by atoms with Crippen molar-refractivity contribution in [1.82, 2.24) is 0 Å². The van der Waals surface area contributed by atoms with Gasteiger partial charge in [-0.3, -0.25) is 0 Å². The summed E-state index contributed by atoms with van der Waals surface area (Å²) in [6, 6.07) is 3.16. The van der Waals surface area contributed by atoms with E-state index in [0.29, 0.717) is 6.42 Å². The van der Waals surface area contributed by atoms with Crippen molar-refractivity contribution in [2.24, 2.45) is 0 Å². The van der Waals surface area contributed by atoms with Crippen LogP contribution in [0.25, 0.3) is 0 Å². The van der Waals surface area contributed by atoms with Crippen LogP contribution in [0.1, 0.15) is 143 Å². The van der Waals surface area contributed by atoms with Crippen LogP contribution in [0.5, 0.6) is 0 Å². The third-order valence-corrected chi connectivity index (χ3v) is 8.88. The highest BCUT2D eigenvalue weighted by molar-refractivity contribution is 6.60. The van der Waals surface area contributed by atoms with Gasteiger partial charge in [0, 0.05) is 32.3 Å². The van der Waals surface area contributed by atoms with E-state index in [4.69, 9.17) is 18.5 Å². The molecule has 0 aliphatic rings. The minimum Gasteiger partial charge on any atom is -0.373 e. The van der Waals surface area contributed by atoms with E-state index in [-0.39, 0.29) is 0 Å². The van der Waals surface area contributed by atoms with Gasteiger partial charge in [0.05, 0.1) is 6.07 Å². The lowest BCUT2D eigenvalue weighted by Gasteiger charge is -2.30. The molecular formula is C27H55NO3Si. The molecule has 0 atom stereocenters. The molecule has 0 aromatic rings. The molecule has 5 heteroatoms. The van der Waals surface area contributed by atoms with Gasteiger partial charge in [-0.25, -0.2) is 0 Å². The lowest BCUT2D eigenvalue weighted by atomic mass is 10.2. The zero-order chi connectivity index (χ0) is 23.6. The molecule has 32 heavy (non-hydrogen) atoms. The van der Waals surface area contributed by atoms with Gasteiger partial charge in [-0.1, -0.05) is 104 Å². The van der Waals surface area contributed by atoms with Crippen molar-refractivity contribution in [2.75, 3.05) is 19.8 Å². The summed E-state index contributed by atoms with van der Waals surface area (Å²) in [5.41, 5.74) is 0. The van der Waals surface area contributed by atoms with E-state index >= 15 is 0 Å². The molecule has 0 radical (unpaired) electrons. The lowest BCUT2D eigenvalue weighted by molar-refractivity contribution is 0.0546. The predicted octanol–water partition coefficient (Wildman–Crippen LogP) is 8.97. The van der Waals surface area contributed by atoms with E-state index in [1.165, 1.54) is 77.0 Å². The molecule has 0 fully saturated rings. The monoisotopic (exact) mass is 469 g/mol. The average molecular weight is 470 g/mol. The molecule has 0 bridgehead atoms. The first-order valence-electron chi connectivity index (χ1n) is 14.0. The van der Waals surface area contributed by atoms with Crippen molar-refractivity contribution in [3.05, 3.63) is 0 Å². The molecule has 0 N–H and O–H groups in total. The summed E-state index contributed by atoms with van der Waals surface area (Å²) in [7, 11) is -2.64. The molecule has 0 heterocycles. The molecule has 0 spiro atoms. The minimum absolute atomic E-state index is 0.642. The fourth-order valence-corrected chi connectivity index (χ4v) is 6.60. The Balaban J connectivity index is 4.74. The molecule has 0 aromatic carbocycles. The molecule has 0 aromatic heterocycles. The fraction of sp³-hybridized carbons (Fsp3) is 0.963. The van der Waals surface area contributed by atoms with Crippen LogP contribution in [0.15, 0.2) is 0 Å². The van der Waals surface area contributed by atoms with E-state index < -0.39 is 8.80 Å². The maximum absolute atomic E-state index is 8.82. The Morgan fingerprint density at radius 3 is 1.25 bits per heavy atom. The van der Waals surface area contributed by atoms with Crippen LogP contribution in [0.4, 0.5) is 0 Å². The largest absolute Gasteiger partial charge is 0.500 e. The predicted molar refractivity (Wildman–Crippen MR) is 139 cm³/mol. The van der Waals surface area contributed by atoms with Crippen LogP contribution < -0.4 is 0 Å². The Morgan fingerprint density at radius 2 is 0.875 bits per heavy atom. The molecule has 0 amide bonds. The van der Waals surface area contributed by atoms with Gasteiger partial charge in [0.1, 0.15) is 0 Å². The van der Waals surface area contributed by atoms with E-state index in [9.17, 15) is 0 Å². The molecule has 0 saturated heterocycles. The molecule has 190 valence electrons. The smallest absolute Gasteiger partial charge is 0.373 e. The van der Waals surface area contributed by atoms with Gasteiger partial charge in [0.15, 0.2) is 0 Å². The van der Waals surface area contributed by atoms with Crippen LogP contribution in [-0.4, -0.2) is 28.6 Å². The molecular weight excluding hydrogens is 414 g/mol. The summed E-state index contributed by atoms with van der Waals surface area (Å²) in [5, 5.41) is 8.82. The number of hydrogen-bond acceptors (Lipinski definition) is 4. The van der Waals surface area contributed by atoms with Crippen molar-refractivity contribution in [3.63, 3.8) is 0 Å². The van der Waals surface area contributed by atoms with Crippen LogP contribution in [0, 0.1) is 11.3 Å². The Morgan fingerprint density at radius 1 is 0.500 bits per heavy atom. The van der Waals surface area contributed by atoms with E-state index in [2.05, 4.69) is 26.8 Å². The second kappa shape index (κ2) is 25.2. The summed E-state index contributed by atoms with van der Waals surface area (Å²) in [5.74, 6) is 0. The Labute approximate surface area is 202 Å². The van der Waals surface area contributed by atoms with E-state index in [0.717, 1.165) is 64.4 Å². The van der Waals surface area contributed by atoms with Gasteiger partial charge in [0.25, 0.3) is 0 Å². The maximum Gasteiger partial charge on any atom is 0.500 e. The highest BCUT2D eigenvalue weighted by Gasteiger charge is 2.40. The molecule has 0 unspecified atom stereocenters. The second-order valence-electron chi connectivity index (χ2n) is 9.19. The molecule has 4 nitrogen and oxygen atoms in total. The first-order chi connectivity index (χ1) is 15.7. The zero-order valence-corrected chi connectivity index (χ0v) is 22.9. The van der Waals surface area contributed by atoms with Crippen molar-refractivity contribution in [1.29, 1.82) is 5.26 Å². The summed E-state index contributed by atoms with van der Waals surface area (Å²) in [4.78, 5) is 0.